The number of nitrogens with zero attached hydrogens (tertiary/aromatic N) is 1. The molecule has 2 rings (SSSR count). The van der Waals surface area contributed by atoms with Crippen LogP contribution in [0.4, 0.5) is 11.4 Å². The molecule has 1 aromatic carbocycles. The number of ether oxygens (including phenoxy) is 1. The molecule has 20 heavy (non-hydrogen) atoms. The van der Waals surface area contributed by atoms with E-state index in [2.05, 4.69) is 11.8 Å². The fourth-order valence-electron chi connectivity index (χ4n) is 2.62. The zero-order valence-corrected chi connectivity index (χ0v) is 12.2. The van der Waals surface area contributed by atoms with E-state index in [1.807, 2.05) is 19.9 Å². The molecule has 1 aromatic rings. The van der Waals surface area contributed by atoms with Gasteiger partial charge in [-0.1, -0.05) is 6.92 Å². The van der Waals surface area contributed by atoms with Gasteiger partial charge in [0.15, 0.2) is 0 Å². The number of nitrogens with two attached hydrogens (primary N) is 1. The van der Waals surface area contributed by atoms with Gasteiger partial charge in [-0.05, 0) is 38.0 Å². The van der Waals surface area contributed by atoms with E-state index in [9.17, 15) is 9.90 Å². The quantitative estimate of drug-likeness (QED) is 0.830. The van der Waals surface area contributed by atoms with Crippen LogP contribution in [0.3, 0.4) is 0 Å². The van der Waals surface area contributed by atoms with Crippen molar-refractivity contribution in [2.45, 2.75) is 39.3 Å². The number of benzene rings is 1. The molecule has 1 fully saturated rings. The molecule has 0 spiro atoms. The number of rotatable bonds is 3. The Bertz CT molecular complexity index is 516. The van der Waals surface area contributed by atoms with E-state index in [1.165, 1.54) is 0 Å². The minimum Gasteiger partial charge on any atom is -0.478 e. The van der Waals surface area contributed by atoms with E-state index in [-0.39, 0.29) is 17.7 Å². The number of nitrogen functional groups attached to an aromatic ring is 1. The van der Waals surface area contributed by atoms with E-state index < -0.39 is 5.97 Å². The maximum Gasteiger partial charge on any atom is 0.337 e. The van der Waals surface area contributed by atoms with Crippen LogP contribution in [-0.4, -0.2) is 36.4 Å². The van der Waals surface area contributed by atoms with Crippen LogP contribution in [0.25, 0.3) is 0 Å². The zero-order valence-electron chi connectivity index (χ0n) is 12.2. The maximum absolute atomic E-state index is 11.3. The molecule has 0 bridgehead atoms. The summed E-state index contributed by atoms with van der Waals surface area (Å²) in [7, 11) is 0. The molecule has 1 saturated heterocycles. The van der Waals surface area contributed by atoms with Crippen LogP contribution in [0, 0.1) is 6.92 Å². The number of hydrogen-bond donors (Lipinski definition) is 2. The highest BCUT2D eigenvalue weighted by atomic mass is 16.5. The first-order valence-corrected chi connectivity index (χ1v) is 6.95. The predicted octanol–water partition coefficient (Wildman–Crippen LogP) is 2.28. The lowest BCUT2D eigenvalue weighted by atomic mass is 10.0. The highest BCUT2D eigenvalue weighted by Gasteiger charge is 2.27. The summed E-state index contributed by atoms with van der Waals surface area (Å²) >= 11 is 0. The van der Waals surface area contributed by atoms with E-state index in [0.717, 1.165) is 24.2 Å². The highest BCUT2D eigenvalue weighted by Crippen LogP contribution is 2.29. The van der Waals surface area contributed by atoms with Gasteiger partial charge in [0.2, 0.25) is 0 Å². The Hall–Kier alpha value is -1.75. The summed E-state index contributed by atoms with van der Waals surface area (Å²) in [6, 6.07) is 3.91. The van der Waals surface area contributed by atoms with Gasteiger partial charge >= 0.3 is 5.97 Å². The van der Waals surface area contributed by atoms with Crippen molar-refractivity contribution in [3.05, 3.63) is 23.3 Å². The van der Waals surface area contributed by atoms with Crippen LogP contribution >= 0.6 is 0 Å². The molecule has 5 nitrogen and oxygen atoms in total. The van der Waals surface area contributed by atoms with Gasteiger partial charge < -0.3 is 20.5 Å². The minimum absolute atomic E-state index is 0.143. The smallest absolute Gasteiger partial charge is 0.337 e. The zero-order chi connectivity index (χ0) is 14.9. The van der Waals surface area contributed by atoms with Crippen LogP contribution in [-0.2, 0) is 4.74 Å². The van der Waals surface area contributed by atoms with Gasteiger partial charge in [-0.15, -0.1) is 0 Å². The number of aromatic carboxylic acids is 1. The van der Waals surface area contributed by atoms with Crippen LogP contribution in [0.15, 0.2) is 12.1 Å². The van der Waals surface area contributed by atoms with E-state index in [1.54, 1.807) is 6.07 Å². The van der Waals surface area contributed by atoms with Crippen LogP contribution in [0.5, 0.6) is 0 Å². The molecule has 0 aromatic heterocycles. The van der Waals surface area contributed by atoms with Crippen molar-refractivity contribution >= 4 is 17.3 Å². The van der Waals surface area contributed by atoms with Gasteiger partial charge in [-0.2, -0.15) is 0 Å². The highest BCUT2D eigenvalue weighted by molar-refractivity contribution is 5.95. The van der Waals surface area contributed by atoms with E-state index >= 15 is 0 Å². The Kier molecular flexibility index (Phi) is 4.18. The Morgan fingerprint density at radius 1 is 1.55 bits per heavy atom. The van der Waals surface area contributed by atoms with Crippen molar-refractivity contribution in [1.82, 2.24) is 0 Å². The fraction of sp³-hybridized carbons (Fsp3) is 0.533. The number of carboxylic acid groups (broad SMARTS) is 1. The van der Waals surface area contributed by atoms with Gasteiger partial charge in [-0.3, -0.25) is 0 Å². The third-order valence-electron chi connectivity index (χ3n) is 3.87. The SMILES string of the molecule is CCC1COC(C)CN1c1cc(C)c(N)c(C(=O)O)c1. The summed E-state index contributed by atoms with van der Waals surface area (Å²) < 4.78 is 5.68. The van der Waals surface area contributed by atoms with Gasteiger partial charge in [0.1, 0.15) is 0 Å². The molecule has 1 aliphatic rings. The lowest BCUT2D eigenvalue weighted by molar-refractivity contribution is 0.0299. The molecule has 0 radical (unpaired) electrons. The summed E-state index contributed by atoms with van der Waals surface area (Å²) in [6.07, 6.45) is 1.10. The second-order valence-corrected chi connectivity index (χ2v) is 5.39. The van der Waals surface area contributed by atoms with Crippen molar-refractivity contribution in [1.29, 1.82) is 0 Å². The molecule has 2 atom stereocenters. The molecule has 0 saturated carbocycles. The monoisotopic (exact) mass is 278 g/mol. The van der Waals surface area contributed by atoms with E-state index in [4.69, 9.17) is 10.5 Å². The number of morpholine rings is 1. The summed E-state index contributed by atoms with van der Waals surface area (Å²) in [5, 5.41) is 9.26. The summed E-state index contributed by atoms with van der Waals surface area (Å²) in [4.78, 5) is 13.5. The first-order valence-electron chi connectivity index (χ1n) is 6.95. The van der Waals surface area contributed by atoms with E-state index in [0.29, 0.717) is 12.3 Å². The summed E-state index contributed by atoms with van der Waals surface area (Å²) in [5.41, 5.74) is 8.08. The molecular weight excluding hydrogens is 256 g/mol. The van der Waals surface area contributed by atoms with Gasteiger partial charge in [0, 0.05) is 17.9 Å². The summed E-state index contributed by atoms with van der Waals surface area (Å²) in [5.74, 6) is -0.984. The number of carbonyl (C=O) groups is 1. The third-order valence-corrected chi connectivity index (χ3v) is 3.87. The van der Waals surface area contributed by atoms with Crippen LogP contribution < -0.4 is 10.6 Å². The fourth-order valence-corrected chi connectivity index (χ4v) is 2.62. The van der Waals surface area contributed by atoms with Gasteiger partial charge in [0.25, 0.3) is 0 Å². The molecule has 1 heterocycles. The van der Waals surface area contributed by atoms with Crippen molar-refractivity contribution in [2.24, 2.45) is 0 Å². The molecule has 0 amide bonds. The number of anilines is 2. The molecule has 0 aliphatic carbocycles. The number of aryl methyl sites for hydroxylation is 1. The lowest BCUT2D eigenvalue weighted by Gasteiger charge is -2.40. The number of carboxylic acids is 1. The molecule has 1 aliphatic heterocycles. The molecule has 110 valence electrons. The largest absolute Gasteiger partial charge is 0.478 e. The van der Waals surface area contributed by atoms with Gasteiger partial charge in [0.05, 0.1) is 24.3 Å². The first-order chi connectivity index (χ1) is 9.43. The second kappa shape index (κ2) is 5.71. The second-order valence-electron chi connectivity index (χ2n) is 5.39. The molecular formula is C15H22N2O3. The number of hydrogen-bond acceptors (Lipinski definition) is 4. The van der Waals surface area contributed by atoms with Crippen molar-refractivity contribution in [2.75, 3.05) is 23.8 Å². The molecule has 2 unspecified atom stereocenters. The topological polar surface area (TPSA) is 75.8 Å². The van der Waals surface area contributed by atoms with Crippen LogP contribution in [0.1, 0.15) is 36.2 Å². The maximum atomic E-state index is 11.3. The van der Waals surface area contributed by atoms with Gasteiger partial charge in [-0.25, -0.2) is 4.79 Å². The predicted molar refractivity (Wildman–Crippen MR) is 79.4 cm³/mol. The van der Waals surface area contributed by atoms with Crippen LogP contribution in [0.2, 0.25) is 0 Å². The van der Waals surface area contributed by atoms with Crippen molar-refractivity contribution in [3.63, 3.8) is 0 Å². The lowest BCUT2D eigenvalue weighted by Crippen LogP contribution is -2.48. The van der Waals surface area contributed by atoms with Crippen molar-refractivity contribution < 1.29 is 14.6 Å². The Labute approximate surface area is 119 Å². The third kappa shape index (κ3) is 2.72. The summed E-state index contributed by atoms with van der Waals surface area (Å²) in [6.45, 7) is 7.42. The Balaban J connectivity index is 2.42. The average Bonchev–Trinajstić information content (AvgIpc) is 2.41. The standard InChI is InChI=1S/C15H22N2O3/c1-4-11-8-20-10(3)7-17(11)12-5-9(2)14(16)13(6-12)15(18)19/h5-6,10-11H,4,7-8,16H2,1-3H3,(H,18,19). The Morgan fingerprint density at radius 2 is 2.25 bits per heavy atom. The Morgan fingerprint density at radius 3 is 2.85 bits per heavy atom. The first kappa shape index (κ1) is 14.7. The average molecular weight is 278 g/mol. The molecule has 5 heteroatoms. The minimum atomic E-state index is -0.984. The molecule has 3 N–H and O–H groups in total. The van der Waals surface area contributed by atoms with Crippen molar-refractivity contribution in [3.8, 4) is 0 Å². The normalized spacial score (nSPS) is 22.9.